The van der Waals surface area contributed by atoms with Gasteiger partial charge in [0, 0.05) is 36.7 Å². The maximum absolute atomic E-state index is 13.4. The van der Waals surface area contributed by atoms with Gasteiger partial charge in [0.1, 0.15) is 11.9 Å². The summed E-state index contributed by atoms with van der Waals surface area (Å²) >= 11 is 3.12. The van der Waals surface area contributed by atoms with Gasteiger partial charge in [-0.15, -0.1) is 0 Å². The predicted molar refractivity (Wildman–Crippen MR) is 135 cm³/mol. The van der Waals surface area contributed by atoms with E-state index >= 15 is 0 Å². The first kappa shape index (κ1) is 22.2. The van der Waals surface area contributed by atoms with Crippen LogP contribution in [-0.2, 0) is 24.2 Å². The number of anilines is 1. The summed E-state index contributed by atoms with van der Waals surface area (Å²) in [5.41, 5.74) is 3.38. The number of fused-ring (bicyclic) bond motifs is 3. The Bertz CT molecular complexity index is 1260. The zero-order valence-electron chi connectivity index (χ0n) is 18.9. The fourth-order valence-corrected chi connectivity index (χ4v) is 6.98. The molecule has 1 N–H and O–H groups in total. The number of carbonyl (C=O) groups is 1. The van der Waals surface area contributed by atoms with Gasteiger partial charge in [-0.05, 0) is 61.2 Å². The molecule has 33 heavy (non-hydrogen) atoms. The molecule has 0 saturated carbocycles. The van der Waals surface area contributed by atoms with Crippen molar-refractivity contribution < 1.29 is 9.78 Å². The Morgan fingerprint density at radius 1 is 1.15 bits per heavy atom. The Hall–Kier alpha value is -2.58. The topological polar surface area (TPSA) is 59.7 Å². The molecule has 3 aromatic rings. The third-order valence-corrected chi connectivity index (χ3v) is 8.55. The average Bonchev–Trinajstić information content (AvgIpc) is 3.41. The second kappa shape index (κ2) is 9.35. The van der Waals surface area contributed by atoms with Crippen molar-refractivity contribution in [3.8, 4) is 0 Å². The number of allylic oxidation sites excluding steroid dienone is 1. The Morgan fingerprint density at radius 3 is 2.64 bits per heavy atom. The highest BCUT2D eigenvalue weighted by Gasteiger charge is 2.28. The van der Waals surface area contributed by atoms with E-state index in [9.17, 15) is 9.59 Å². The Morgan fingerprint density at radius 2 is 1.91 bits per heavy atom. The van der Waals surface area contributed by atoms with Gasteiger partial charge in [-0.25, -0.2) is 9.78 Å². The molecule has 8 heteroatoms. The van der Waals surface area contributed by atoms with Crippen LogP contribution < -0.4 is 15.4 Å². The normalized spacial score (nSPS) is 15.8. The molecule has 0 spiro atoms. The van der Waals surface area contributed by atoms with E-state index in [1.165, 1.54) is 27.9 Å². The van der Waals surface area contributed by atoms with Gasteiger partial charge in [0.05, 0.1) is 5.75 Å². The molecule has 1 aliphatic carbocycles. The summed E-state index contributed by atoms with van der Waals surface area (Å²) in [6.45, 7) is 9.50. The van der Waals surface area contributed by atoms with Gasteiger partial charge >= 0.3 is 10.7 Å². The zero-order valence-corrected chi connectivity index (χ0v) is 20.6. The number of para-hydroxylation sites is 1. The van der Waals surface area contributed by atoms with Gasteiger partial charge in [-0.3, -0.25) is 4.79 Å². The minimum absolute atomic E-state index is 0.0394. The quantitative estimate of drug-likeness (QED) is 0.308. The van der Waals surface area contributed by atoms with Crippen LogP contribution in [0.1, 0.15) is 23.8 Å². The number of rotatable bonds is 6. The Kier molecular flexibility index (Phi) is 6.29. The van der Waals surface area contributed by atoms with Crippen molar-refractivity contribution in [2.75, 3.05) is 36.8 Å². The van der Waals surface area contributed by atoms with Crippen molar-refractivity contribution in [1.82, 2.24) is 9.47 Å². The number of amides is 1. The van der Waals surface area contributed by atoms with E-state index in [0.29, 0.717) is 25.4 Å². The first-order valence-corrected chi connectivity index (χ1v) is 13.3. The highest BCUT2D eigenvalue weighted by molar-refractivity contribution is 7.99. The molecule has 172 valence electrons. The van der Waals surface area contributed by atoms with Gasteiger partial charge < -0.3 is 9.80 Å². The van der Waals surface area contributed by atoms with Crippen LogP contribution in [0, 0.1) is 0 Å². The number of aromatic amines is 1. The molecule has 1 aliphatic heterocycles. The van der Waals surface area contributed by atoms with Gasteiger partial charge in [0.15, 0.2) is 4.83 Å². The lowest BCUT2D eigenvalue weighted by molar-refractivity contribution is -0.404. The standard InChI is InChI=1S/C25H28N4O2S2/c1-17(2)15-29-24(31)22-19-9-6-10-20(19)33-23(22)26-25(29)32-16-21(30)28-13-11-27(12-14-28)18-7-4-3-5-8-18/h3-5,7-8H,1,6,9-16H2,2H3/p+1. The van der Waals surface area contributed by atoms with Gasteiger partial charge in [0.2, 0.25) is 5.91 Å². The number of hydrogen-bond acceptors (Lipinski definition) is 5. The van der Waals surface area contributed by atoms with E-state index in [1.807, 2.05) is 30.0 Å². The fraction of sp³-hybridized carbons (Fsp3) is 0.400. The number of carbonyl (C=O) groups excluding carboxylic acids is 1. The lowest BCUT2D eigenvalue weighted by atomic mass is 10.2. The minimum Gasteiger partial charge on any atom is -0.368 e. The summed E-state index contributed by atoms with van der Waals surface area (Å²) in [6, 6.07) is 10.3. The van der Waals surface area contributed by atoms with Crippen LogP contribution in [0.4, 0.5) is 5.69 Å². The maximum atomic E-state index is 13.4. The molecule has 2 aliphatic rings. The number of nitrogens with one attached hydrogen (secondary N) is 1. The van der Waals surface area contributed by atoms with Crippen LogP contribution in [0.5, 0.6) is 0 Å². The van der Waals surface area contributed by atoms with Crippen molar-refractivity contribution in [1.29, 1.82) is 0 Å². The maximum Gasteiger partial charge on any atom is 0.347 e. The smallest absolute Gasteiger partial charge is 0.347 e. The summed E-state index contributed by atoms with van der Waals surface area (Å²) < 4.78 is 1.77. The molecule has 6 nitrogen and oxygen atoms in total. The third-order valence-electron chi connectivity index (χ3n) is 6.36. The molecule has 0 unspecified atom stereocenters. The summed E-state index contributed by atoms with van der Waals surface area (Å²) in [5.74, 6) is 0.429. The van der Waals surface area contributed by atoms with E-state index in [4.69, 9.17) is 0 Å². The number of thiophene rings is 1. The van der Waals surface area contributed by atoms with Crippen LogP contribution in [0.3, 0.4) is 0 Å². The summed E-state index contributed by atoms with van der Waals surface area (Å²) in [5, 5.41) is 1.58. The second-order valence-electron chi connectivity index (χ2n) is 8.83. The van der Waals surface area contributed by atoms with E-state index in [1.54, 1.807) is 15.9 Å². The van der Waals surface area contributed by atoms with E-state index in [2.05, 4.69) is 28.6 Å². The van der Waals surface area contributed by atoms with Crippen LogP contribution in [-0.4, -0.2) is 47.3 Å². The van der Waals surface area contributed by atoms with Crippen molar-refractivity contribution >= 4 is 44.9 Å². The van der Waals surface area contributed by atoms with Crippen molar-refractivity contribution in [3.63, 3.8) is 0 Å². The van der Waals surface area contributed by atoms with E-state index < -0.39 is 0 Å². The molecule has 2 aromatic heterocycles. The monoisotopic (exact) mass is 481 g/mol. The van der Waals surface area contributed by atoms with Crippen molar-refractivity contribution in [2.24, 2.45) is 0 Å². The number of nitrogens with zero attached hydrogens (tertiary/aromatic N) is 3. The number of aryl methyl sites for hydroxylation is 2. The number of benzene rings is 1. The Balaban J connectivity index is 1.30. The van der Waals surface area contributed by atoms with Gasteiger partial charge in [-0.1, -0.05) is 36.1 Å². The fourth-order valence-electron chi connectivity index (χ4n) is 4.71. The highest BCUT2D eigenvalue weighted by Crippen LogP contribution is 2.34. The van der Waals surface area contributed by atoms with Crippen LogP contribution in [0.15, 0.2) is 52.4 Å². The molecule has 1 aromatic carbocycles. The third kappa shape index (κ3) is 4.46. The van der Waals surface area contributed by atoms with Crippen LogP contribution in [0.2, 0.25) is 0 Å². The van der Waals surface area contributed by atoms with E-state index in [-0.39, 0.29) is 11.5 Å². The molecule has 1 amide bonds. The lowest BCUT2D eigenvalue weighted by Crippen LogP contribution is -2.49. The SMILES string of the molecule is C=C(C)Cn1c(SCC(=O)N2CCN(c3ccccc3)CC2)[nH+]c2sc3c(c2c1=O)CCC3. The molecule has 3 heterocycles. The number of thioether (sulfide) groups is 1. The summed E-state index contributed by atoms with van der Waals surface area (Å²) in [6.07, 6.45) is 3.16. The number of aromatic nitrogens is 2. The second-order valence-corrected chi connectivity index (χ2v) is 10.9. The first-order chi connectivity index (χ1) is 16.0. The number of H-pyrrole nitrogens is 1. The minimum atomic E-state index is 0.0394. The highest BCUT2D eigenvalue weighted by atomic mass is 32.2. The van der Waals surface area contributed by atoms with Crippen molar-refractivity contribution in [3.05, 3.63) is 63.3 Å². The molecule has 1 saturated heterocycles. The summed E-state index contributed by atoms with van der Waals surface area (Å²) in [7, 11) is 0. The van der Waals surface area contributed by atoms with Crippen molar-refractivity contribution in [2.45, 2.75) is 37.9 Å². The molecule has 0 radical (unpaired) electrons. The first-order valence-electron chi connectivity index (χ1n) is 11.5. The van der Waals surface area contributed by atoms with Gasteiger partial charge in [-0.2, -0.15) is 4.57 Å². The average molecular weight is 482 g/mol. The predicted octanol–water partition coefficient (Wildman–Crippen LogP) is 3.38. The Labute approximate surface area is 201 Å². The molecule has 0 atom stereocenters. The molecule has 0 bridgehead atoms. The molecular weight excluding hydrogens is 452 g/mol. The number of piperazine rings is 1. The summed E-state index contributed by atoms with van der Waals surface area (Å²) in [4.78, 5) is 36.4. The van der Waals surface area contributed by atoms with Crippen LogP contribution >= 0.6 is 23.1 Å². The molecule has 5 rings (SSSR count). The lowest BCUT2D eigenvalue weighted by Gasteiger charge is -2.36. The largest absolute Gasteiger partial charge is 0.368 e. The zero-order chi connectivity index (χ0) is 22.9. The van der Waals surface area contributed by atoms with E-state index in [0.717, 1.165) is 53.3 Å². The molecular formula is C25H29N4O2S2+. The van der Waals surface area contributed by atoms with Crippen LogP contribution in [0.25, 0.3) is 10.2 Å². The number of hydrogen-bond donors (Lipinski definition) is 0. The molecule has 1 fully saturated rings. The van der Waals surface area contributed by atoms with Gasteiger partial charge in [0.25, 0.3) is 0 Å².